The van der Waals surface area contributed by atoms with Gasteiger partial charge in [0, 0.05) is 17.4 Å². The zero-order valence-electron chi connectivity index (χ0n) is 7.33. The molecule has 0 bridgehead atoms. The van der Waals surface area contributed by atoms with Crippen molar-refractivity contribution >= 4 is 17.9 Å². The van der Waals surface area contributed by atoms with Crippen molar-refractivity contribution in [1.82, 2.24) is 0 Å². The summed E-state index contributed by atoms with van der Waals surface area (Å²) < 4.78 is 0. The SMILES string of the molecule is CC(C=O)c1ccc(CCl)cc1O. The van der Waals surface area contributed by atoms with Crippen molar-refractivity contribution in [1.29, 1.82) is 0 Å². The number of halogens is 1. The van der Waals surface area contributed by atoms with Crippen molar-refractivity contribution in [2.75, 3.05) is 0 Å². The maximum Gasteiger partial charge on any atom is 0.127 e. The number of hydrogen-bond donors (Lipinski definition) is 1. The standard InChI is InChI=1S/C10H11ClO2/c1-7(6-12)9-3-2-8(5-11)4-10(9)13/h2-4,6-7,13H,5H2,1H3. The summed E-state index contributed by atoms with van der Waals surface area (Å²) in [6.07, 6.45) is 0.801. The molecule has 0 heterocycles. The molecule has 0 fully saturated rings. The molecular formula is C10H11ClO2. The number of aromatic hydroxyl groups is 1. The molecule has 0 aliphatic rings. The molecule has 0 amide bonds. The van der Waals surface area contributed by atoms with Crippen LogP contribution in [0.2, 0.25) is 0 Å². The molecule has 1 unspecified atom stereocenters. The van der Waals surface area contributed by atoms with Crippen molar-refractivity contribution in [3.8, 4) is 5.75 Å². The van der Waals surface area contributed by atoms with Crippen molar-refractivity contribution in [3.63, 3.8) is 0 Å². The minimum Gasteiger partial charge on any atom is -0.508 e. The number of aldehydes is 1. The fourth-order valence-corrected chi connectivity index (χ4v) is 1.30. The van der Waals surface area contributed by atoms with Gasteiger partial charge in [-0.15, -0.1) is 11.6 Å². The largest absolute Gasteiger partial charge is 0.508 e. The molecule has 1 aromatic rings. The Morgan fingerprint density at radius 3 is 2.77 bits per heavy atom. The van der Waals surface area contributed by atoms with Crippen LogP contribution in [0, 0.1) is 0 Å². The summed E-state index contributed by atoms with van der Waals surface area (Å²) in [7, 11) is 0. The normalized spacial score (nSPS) is 12.5. The summed E-state index contributed by atoms with van der Waals surface area (Å²) in [4.78, 5) is 10.5. The number of hydrogen-bond acceptors (Lipinski definition) is 2. The first kappa shape index (κ1) is 10.1. The van der Waals surface area contributed by atoms with E-state index in [2.05, 4.69) is 0 Å². The zero-order valence-corrected chi connectivity index (χ0v) is 8.08. The van der Waals surface area contributed by atoms with Gasteiger partial charge in [-0.2, -0.15) is 0 Å². The number of alkyl halides is 1. The lowest BCUT2D eigenvalue weighted by molar-refractivity contribution is -0.108. The number of phenolic OH excluding ortho intramolecular Hbond substituents is 1. The van der Waals surface area contributed by atoms with Crippen molar-refractivity contribution < 1.29 is 9.90 Å². The summed E-state index contributed by atoms with van der Waals surface area (Å²) in [5, 5.41) is 9.51. The Balaban J connectivity index is 3.04. The fourth-order valence-electron chi connectivity index (χ4n) is 1.13. The Hall–Kier alpha value is -1.02. The molecule has 0 aliphatic heterocycles. The summed E-state index contributed by atoms with van der Waals surface area (Å²) in [6, 6.07) is 5.12. The van der Waals surface area contributed by atoms with E-state index in [0.29, 0.717) is 11.4 Å². The molecule has 13 heavy (non-hydrogen) atoms. The molecule has 2 nitrogen and oxygen atoms in total. The van der Waals surface area contributed by atoms with Crippen molar-refractivity contribution in [3.05, 3.63) is 29.3 Å². The third kappa shape index (κ3) is 2.22. The molecule has 0 saturated carbocycles. The maximum absolute atomic E-state index is 10.5. The van der Waals surface area contributed by atoms with Gasteiger partial charge in [-0.1, -0.05) is 19.1 Å². The van der Waals surface area contributed by atoms with E-state index >= 15 is 0 Å². The highest BCUT2D eigenvalue weighted by atomic mass is 35.5. The molecule has 70 valence electrons. The van der Waals surface area contributed by atoms with Crippen LogP contribution in [0.5, 0.6) is 5.75 Å². The molecule has 0 aliphatic carbocycles. The van der Waals surface area contributed by atoms with Crippen LogP contribution in [0.25, 0.3) is 0 Å². The first-order valence-electron chi connectivity index (χ1n) is 4.02. The lowest BCUT2D eigenvalue weighted by atomic mass is 10.0. The van der Waals surface area contributed by atoms with E-state index in [9.17, 15) is 9.90 Å². The Morgan fingerprint density at radius 1 is 1.62 bits per heavy atom. The molecule has 0 saturated heterocycles. The summed E-state index contributed by atoms with van der Waals surface area (Å²) in [5.74, 6) is 0.227. The van der Waals surface area contributed by atoms with Gasteiger partial charge in [0.15, 0.2) is 0 Å². The molecule has 1 atom stereocenters. The van der Waals surface area contributed by atoms with Crippen LogP contribution in [0.4, 0.5) is 0 Å². The van der Waals surface area contributed by atoms with E-state index in [1.165, 1.54) is 0 Å². The highest BCUT2D eigenvalue weighted by Gasteiger charge is 2.09. The summed E-state index contributed by atoms with van der Waals surface area (Å²) in [6.45, 7) is 1.74. The second kappa shape index (κ2) is 4.28. The van der Waals surface area contributed by atoms with Crippen LogP contribution in [-0.2, 0) is 10.7 Å². The van der Waals surface area contributed by atoms with Gasteiger partial charge in [0.05, 0.1) is 0 Å². The van der Waals surface area contributed by atoms with Gasteiger partial charge >= 0.3 is 0 Å². The van der Waals surface area contributed by atoms with Crippen molar-refractivity contribution in [2.24, 2.45) is 0 Å². The lowest BCUT2D eigenvalue weighted by Crippen LogP contribution is -1.95. The Bertz CT molecular complexity index is 310. The minimum atomic E-state index is -0.274. The van der Waals surface area contributed by atoms with Gasteiger partial charge in [-0.25, -0.2) is 0 Å². The molecule has 1 aromatic carbocycles. The number of carbonyl (C=O) groups excluding carboxylic acids is 1. The average molecular weight is 199 g/mol. The first-order chi connectivity index (χ1) is 6.19. The number of phenols is 1. The van der Waals surface area contributed by atoms with Crippen LogP contribution < -0.4 is 0 Å². The van der Waals surface area contributed by atoms with E-state index in [0.717, 1.165) is 11.8 Å². The molecule has 0 radical (unpaired) electrons. The summed E-state index contributed by atoms with van der Waals surface area (Å²) in [5.41, 5.74) is 1.49. The van der Waals surface area contributed by atoms with Gasteiger partial charge in [-0.3, -0.25) is 0 Å². The van der Waals surface area contributed by atoms with Gasteiger partial charge < -0.3 is 9.90 Å². The molecular weight excluding hydrogens is 188 g/mol. The number of rotatable bonds is 3. The predicted octanol–water partition coefficient (Wildman–Crippen LogP) is 2.43. The molecule has 1 rings (SSSR count). The fraction of sp³-hybridized carbons (Fsp3) is 0.300. The quantitative estimate of drug-likeness (QED) is 0.598. The van der Waals surface area contributed by atoms with E-state index < -0.39 is 0 Å². The van der Waals surface area contributed by atoms with Crippen LogP contribution in [-0.4, -0.2) is 11.4 Å². The van der Waals surface area contributed by atoms with Crippen molar-refractivity contribution in [2.45, 2.75) is 18.7 Å². The van der Waals surface area contributed by atoms with Crippen LogP contribution >= 0.6 is 11.6 Å². The zero-order chi connectivity index (χ0) is 9.84. The first-order valence-corrected chi connectivity index (χ1v) is 4.55. The highest BCUT2D eigenvalue weighted by molar-refractivity contribution is 6.17. The predicted molar refractivity (Wildman–Crippen MR) is 52.1 cm³/mol. The monoisotopic (exact) mass is 198 g/mol. The second-order valence-electron chi connectivity index (χ2n) is 2.95. The van der Waals surface area contributed by atoms with Crippen LogP contribution in [0.3, 0.4) is 0 Å². The molecule has 0 aromatic heterocycles. The third-order valence-corrected chi connectivity index (χ3v) is 2.25. The van der Waals surface area contributed by atoms with E-state index in [4.69, 9.17) is 11.6 Å². The van der Waals surface area contributed by atoms with Crippen LogP contribution in [0.15, 0.2) is 18.2 Å². The van der Waals surface area contributed by atoms with Crippen LogP contribution in [0.1, 0.15) is 24.0 Å². The summed E-state index contributed by atoms with van der Waals surface area (Å²) >= 11 is 5.58. The highest BCUT2D eigenvalue weighted by Crippen LogP contribution is 2.25. The van der Waals surface area contributed by atoms with Gasteiger partial charge in [-0.05, 0) is 11.6 Å². The van der Waals surface area contributed by atoms with E-state index in [-0.39, 0.29) is 11.7 Å². The molecule has 1 N–H and O–H groups in total. The Kier molecular flexibility index (Phi) is 3.32. The molecule has 3 heteroatoms. The number of carbonyl (C=O) groups is 1. The van der Waals surface area contributed by atoms with Gasteiger partial charge in [0.1, 0.15) is 12.0 Å². The Morgan fingerprint density at radius 2 is 2.31 bits per heavy atom. The maximum atomic E-state index is 10.5. The minimum absolute atomic E-state index is 0.137. The van der Waals surface area contributed by atoms with E-state index in [1.54, 1.807) is 19.1 Å². The molecule has 0 spiro atoms. The third-order valence-electron chi connectivity index (χ3n) is 1.94. The average Bonchev–Trinajstić information content (AvgIpc) is 2.16. The number of benzene rings is 1. The van der Waals surface area contributed by atoms with E-state index in [1.807, 2.05) is 6.07 Å². The smallest absolute Gasteiger partial charge is 0.127 e. The van der Waals surface area contributed by atoms with Gasteiger partial charge in [0.25, 0.3) is 0 Å². The second-order valence-corrected chi connectivity index (χ2v) is 3.22. The van der Waals surface area contributed by atoms with Gasteiger partial charge in [0.2, 0.25) is 0 Å². The topological polar surface area (TPSA) is 37.3 Å². The Labute approximate surface area is 82.2 Å². The lowest BCUT2D eigenvalue weighted by Gasteiger charge is -2.07.